The zero-order valence-electron chi connectivity index (χ0n) is 6.52. The molecule has 3 heteroatoms. The van der Waals surface area contributed by atoms with Gasteiger partial charge in [-0.15, -0.1) is 0 Å². The maximum atomic E-state index is 4.36. The van der Waals surface area contributed by atoms with Gasteiger partial charge in [-0.3, -0.25) is 4.99 Å². The summed E-state index contributed by atoms with van der Waals surface area (Å²) in [5.74, 6) is 0. The summed E-state index contributed by atoms with van der Waals surface area (Å²) in [6, 6.07) is 0. The Morgan fingerprint density at radius 1 is 1.64 bits per heavy atom. The average molecular weight is 262 g/mol. The Balaban J connectivity index is 2.35. The highest BCUT2D eigenvalue weighted by atomic mass is 127. The van der Waals surface area contributed by atoms with E-state index < -0.39 is 0 Å². The van der Waals surface area contributed by atoms with E-state index in [-0.39, 0.29) is 20.7 Å². The number of rotatable bonds is 0. The lowest BCUT2D eigenvalue weighted by Crippen LogP contribution is -2.25. The van der Waals surface area contributed by atoms with Gasteiger partial charge in [-0.25, -0.2) is 0 Å². The van der Waals surface area contributed by atoms with Crippen molar-refractivity contribution in [1.82, 2.24) is 5.32 Å². The van der Waals surface area contributed by atoms with E-state index in [4.69, 9.17) is 0 Å². The lowest BCUT2D eigenvalue weighted by Gasteiger charge is -2.18. The number of nitrogens with zero attached hydrogens (tertiary/aromatic N) is 1. The first-order valence-corrected chi connectivity index (χ1v) is 5.97. The van der Waals surface area contributed by atoms with Gasteiger partial charge in [-0.1, -0.05) is 20.7 Å². The van der Waals surface area contributed by atoms with Gasteiger partial charge in [0.2, 0.25) is 0 Å². The molecule has 0 aromatic rings. The van der Waals surface area contributed by atoms with Crippen LogP contribution in [0.2, 0.25) is 0 Å². The molecule has 2 aliphatic rings. The van der Waals surface area contributed by atoms with Crippen LogP contribution in [-0.2, 0) is 0 Å². The third kappa shape index (κ3) is 1.59. The third-order valence-corrected chi connectivity index (χ3v) is 4.78. The summed E-state index contributed by atoms with van der Waals surface area (Å²) >= 11 is 0.149. The van der Waals surface area contributed by atoms with Gasteiger partial charge in [0, 0.05) is 12.8 Å². The average Bonchev–Trinajstić information content (AvgIpc) is 2.04. The van der Waals surface area contributed by atoms with Crippen LogP contribution < -0.4 is 5.32 Å². The van der Waals surface area contributed by atoms with E-state index in [9.17, 15) is 0 Å². The molecule has 2 rings (SSSR count). The molecule has 0 aromatic heterocycles. The predicted octanol–water partition coefficient (Wildman–Crippen LogP) is 1.44. The van der Waals surface area contributed by atoms with Crippen molar-refractivity contribution in [2.75, 3.05) is 13.1 Å². The molecule has 0 bridgehead atoms. The normalized spacial score (nSPS) is 23.9. The summed E-state index contributed by atoms with van der Waals surface area (Å²) in [7, 11) is 0. The zero-order chi connectivity index (χ0) is 7.68. The summed E-state index contributed by atoms with van der Waals surface area (Å²) in [6.07, 6.45) is 3.30. The summed E-state index contributed by atoms with van der Waals surface area (Å²) in [4.78, 5) is 4.36. The molecule has 1 N–H and O–H groups in total. The fraction of sp³-hybridized carbons (Fsp3) is 0.500. The summed E-state index contributed by atoms with van der Waals surface area (Å²) in [5.41, 5.74) is 1.47. The molecule has 11 heavy (non-hydrogen) atoms. The van der Waals surface area contributed by atoms with Crippen LogP contribution in [0.4, 0.5) is 0 Å². The molecule has 0 saturated heterocycles. The molecule has 0 aliphatic carbocycles. The minimum atomic E-state index is 0.149. The summed E-state index contributed by atoms with van der Waals surface area (Å²) < 4.78 is 3.07. The van der Waals surface area contributed by atoms with Crippen molar-refractivity contribution in [2.24, 2.45) is 4.99 Å². The molecule has 0 atom stereocenters. The predicted molar refractivity (Wildman–Crippen MR) is 57.7 cm³/mol. The van der Waals surface area contributed by atoms with E-state index in [1.54, 1.807) is 3.58 Å². The van der Waals surface area contributed by atoms with Crippen LogP contribution in [0, 0.1) is 0 Å². The topological polar surface area (TPSA) is 24.4 Å². The van der Waals surface area contributed by atoms with Gasteiger partial charge in [-0.2, -0.15) is 0 Å². The van der Waals surface area contributed by atoms with Crippen molar-refractivity contribution in [2.45, 2.75) is 13.3 Å². The van der Waals surface area contributed by atoms with E-state index >= 15 is 0 Å². The van der Waals surface area contributed by atoms with Crippen LogP contribution in [0.3, 0.4) is 0 Å². The Bertz CT molecular complexity index is 263. The zero-order valence-corrected chi connectivity index (χ0v) is 8.68. The Kier molecular flexibility index (Phi) is 2.18. The maximum Gasteiger partial charge on any atom is 0.0701 e. The maximum absolute atomic E-state index is 4.36. The Labute approximate surface area is 76.5 Å². The molecule has 0 radical (unpaired) electrons. The van der Waals surface area contributed by atoms with Gasteiger partial charge < -0.3 is 5.32 Å². The standard InChI is InChI=1S/C8H11IN2/c1-6-9-8-2-3-10-4-7(8)5-11-6/h5,10H,2-4H2,1H3. The largest absolute Gasteiger partial charge is 0.312 e. The van der Waals surface area contributed by atoms with E-state index in [1.807, 2.05) is 6.21 Å². The first-order chi connectivity index (χ1) is 5.36. The number of hydrogen-bond acceptors (Lipinski definition) is 2. The second-order valence-corrected chi connectivity index (χ2v) is 6.11. The molecule has 60 valence electrons. The van der Waals surface area contributed by atoms with Gasteiger partial charge in [0.15, 0.2) is 0 Å². The van der Waals surface area contributed by atoms with Crippen molar-refractivity contribution in [3.63, 3.8) is 0 Å². The van der Waals surface area contributed by atoms with Crippen LogP contribution in [-0.4, -0.2) is 22.9 Å². The number of aliphatic imine (C=N–C) groups is 1. The quantitative estimate of drug-likeness (QED) is 0.656. The molecule has 0 aromatic carbocycles. The number of halogens is 1. The number of nitrogens with one attached hydrogen (secondary N) is 1. The van der Waals surface area contributed by atoms with E-state index in [2.05, 4.69) is 17.2 Å². The molecule has 0 saturated carbocycles. The number of hydrogen-bond donors (Lipinski definition) is 1. The molecule has 2 aliphatic heterocycles. The minimum Gasteiger partial charge on any atom is -0.312 e. The van der Waals surface area contributed by atoms with Crippen LogP contribution in [0.1, 0.15) is 13.3 Å². The van der Waals surface area contributed by atoms with Crippen LogP contribution >= 0.6 is 20.7 Å². The summed E-state index contributed by atoms with van der Waals surface area (Å²) in [6.45, 7) is 4.36. The lowest BCUT2D eigenvalue weighted by molar-refractivity contribution is 0.715. The van der Waals surface area contributed by atoms with E-state index in [0.717, 1.165) is 6.54 Å². The highest BCUT2D eigenvalue weighted by molar-refractivity contribution is 14.2. The second-order valence-electron chi connectivity index (χ2n) is 2.71. The smallest absolute Gasteiger partial charge is 0.0701 e. The fourth-order valence-corrected chi connectivity index (χ4v) is 3.69. The van der Waals surface area contributed by atoms with Gasteiger partial charge in [0.25, 0.3) is 0 Å². The first-order valence-electron chi connectivity index (χ1n) is 3.81. The van der Waals surface area contributed by atoms with Crippen molar-refractivity contribution < 1.29 is 0 Å². The highest BCUT2D eigenvalue weighted by Crippen LogP contribution is 2.28. The Morgan fingerprint density at radius 3 is 3.45 bits per heavy atom. The van der Waals surface area contributed by atoms with Gasteiger partial charge >= 0.3 is 0 Å². The van der Waals surface area contributed by atoms with Crippen LogP contribution in [0.15, 0.2) is 14.1 Å². The SMILES string of the molecule is CC1=IC2=C(C=N1)CNCC2. The molecule has 0 unspecified atom stereocenters. The highest BCUT2D eigenvalue weighted by Gasteiger charge is 2.11. The van der Waals surface area contributed by atoms with Crippen LogP contribution in [0.5, 0.6) is 0 Å². The van der Waals surface area contributed by atoms with Gasteiger partial charge in [-0.05, 0) is 29.0 Å². The Hall–Kier alpha value is -0.0300. The summed E-state index contributed by atoms with van der Waals surface area (Å²) in [5, 5.41) is 3.36. The minimum absolute atomic E-state index is 0.149. The first kappa shape index (κ1) is 7.61. The van der Waals surface area contributed by atoms with Gasteiger partial charge in [0.05, 0.1) is 3.63 Å². The molecular formula is C8H11IN2. The van der Waals surface area contributed by atoms with Gasteiger partial charge in [0.1, 0.15) is 0 Å². The molecule has 0 spiro atoms. The fourth-order valence-electron chi connectivity index (χ4n) is 1.26. The third-order valence-electron chi connectivity index (χ3n) is 1.83. The second kappa shape index (κ2) is 3.15. The molecule has 0 fully saturated rings. The molecule has 2 nitrogen and oxygen atoms in total. The monoisotopic (exact) mass is 262 g/mol. The lowest BCUT2D eigenvalue weighted by atomic mass is 10.2. The van der Waals surface area contributed by atoms with Crippen molar-refractivity contribution in [3.8, 4) is 0 Å². The molecule has 2 heterocycles. The molecule has 0 amide bonds. The molecular weight excluding hydrogens is 251 g/mol. The van der Waals surface area contributed by atoms with E-state index in [1.165, 1.54) is 22.2 Å². The van der Waals surface area contributed by atoms with Crippen LogP contribution in [0.25, 0.3) is 0 Å². The van der Waals surface area contributed by atoms with Crippen molar-refractivity contribution in [3.05, 3.63) is 9.15 Å². The van der Waals surface area contributed by atoms with Crippen molar-refractivity contribution >= 4 is 30.6 Å². The van der Waals surface area contributed by atoms with Crippen molar-refractivity contribution in [1.29, 1.82) is 0 Å². The Morgan fingerprint density at radius 2 is 2.55 bits per heavy atom. The van der Waals surface area contributed by atoms with E-state index in [0.29, 0.717) is 0 Å².